The lowest BCUT2D eigenvalue weighted by Crippen LogP contribution is -2.58. The first kappa shape index (κ1) is 57.4. The standard InChI is InChI=1S/C56H52ClN7O17S/c1-58-41(23-3-9-28(65)10-4-23)51(73)63-45-47(69)24-5-11-30(12-6-24)80-38-19-27-20-39(49(38)71)81-37-14-8-26(18-33(37)57)48(70)46-55(77)62-44(56(78)79)32-21-29(66)22-36(68)40(32)31-17-25(7-13-35(31)67)42(52(74)64-46)61-53(75)43(27)60-50(72)34(15-16-82-2)59-54(45)76/h3-14,17-22,34,41-48,58,65-71H,15-16H2,1-2H3,(H,59,76)(H,60,72)(H,61,75)(H,62,77)(H,63,73)(H,64,74)(H,78,79). The number of benzene rings is 6. The fourth-order valence-electron chi connectivity index (χ4n) is 9.66. The molecule has 9 atom stereocenters. The van der Waals surface area contributed by atoms with Crippen LogP contribution >= 0.6 is 23.4 Å². The Labute approximate surface area is 474 Å². The van der Waals surface area contributed by atoms with Gasteiger partial charge in [-0.05, 0) is 120 Å². The van der Waals surface area contributed by atoms with E-state index >= 15 is 14.4 Å². The van der Waals surface area contributed by atoms with Crippen molar-refractivity contribution < 1.29 is 83.9 Å². The quantitative estimate of drug-likeness (QED) is 0.103. The van der Waals surface area contributed by atoms with Crippen LogP contribution in [0, 0.1) is 0 Å². The van der Waals surface area contributed by atoms with Crippen LogP contribution in [0.25, 0.3) is 11.1 Å². The van der Waals surface area contributed by atoms with Crippen molar-refractivity contribution in [1.82, 2.24) is 37.2 Å². The van der Waals surface area contributed by atoms with Gasteiger partial charge in [0.15, 0.2) is 17.5 Å². The van der Waals surface area contributed by atoms with Crippen LogP contribution in [0.15, 0.2) is 109 Å². The summed E-state index contributed by atoms with van der Waals surface area (Å²) < 4.78 is 12.4. The number of carboxylic acids is 1. The van der Waals surface area contributed by atoms with Crippen LogP contribution in [-0.4, -0.2) is 119 Å². The topological polar surface area (TPSA) is 384 Å². The van der Waals surface area contributed by atoms with E-state index in [1.54, 1.807) is 6.26 Å². The number of hydrogen-bond donors (Lipinski definition) is 15. The third-order valence-electron chi connectivity index (χ3n) is 13.9. The molecule has 24 nitrogen and oxygen atoms in total. The van der Waals surface area contributed by atoms with Crippen molar-refractivity contribution in [3.05, 3.63) is 148 Å². The Hall–Kier alpha value is -9.27. The van der Waals surface area contributed by atoms with Crippen LogP contribution in [-0.2, 0) is 33.6 Å². The van der Waals surface area contributed by atoms with Gasteiger partial charge in [-0.15, -0.1) is 0 Å². The highest BCUT2D eigenvalue weighted by molar-refractivity contribution is 7.98. The summed E-state index contributed by atoms with van der Waals surface area (Å²) in [6.07, 6.45) is -2.32. The Bertz CT molecular complexity index is 3540. The van der Waals surface area contributed by atoms with Crippen molar-refractivity contribution in [2.75, 3.05) is 19.1 Å². The van der Waals surface area contributed by atoms with E-state index in [0.29, 0.717) is 5.56 Å². The Kier molecular flexibility index (Phi) is 16.7. The van der Waals surface area contributed by atoms with Crippen molar-refractivity contribution in [2.45, 2.75) is 60.9 Å². The molecule has 0 radical (unpaired) electrons. The second-order valence-electron chi connectivity index (χ2n) is 19.2. The normalized spacial score (nSPS) is 22.1. The van der Waals surface area contributed by atoms with Crippen LogP contribution in [0.4, 0.5) is 0 Å². The fourth-order valence-corrected chi connectivity index (χ4v) is 10.4. The summed E-state index contributed by atoms with van der Waals surface area (Å²) in [7, 11) is 1.47. The number of fused-ring (bicyclic) bond motifs is 15. The minimum atomic E-state index is -2.15. The number of aliphatic hydroxyl groups is 2. The van der Waals surface area contributed by atoms with E-state index < -0.39 is 142 Å². The summed E-state index contributed by atoms with van der Waals surface area (Å²) in [4.78, 5) is 102. The van der Waals surface area contributed by atoms with Crippen LogP contribution in [0.5, 0.6) is 51.7 Å². The van der Waals surface area contributed by atoms with Gasteiger partial charge in [0.1, 0.15) is 83.0 Å². The number of phenols is 5. The van der Waals surface area contributed by atoms with Crippen LogP contribution in [0.3, 0.4) is 0 Å². The Morgan fingerprint density at radius 3 is 1.95 bits per heavy atom. The summed E-state index contributed by atoms with van der Waals surface area (Å²) in [6.45, 7) is 0. The maximum absolute atomic E-state index is 15.5. The number of nitrogens with one attached hydrogen (secondary N) is 7. The van der Waals surface area contributed by atoms with Crippen molar-refractivity contribution in [3.63, 3.8) is 0 Å². The lowest BCUT2D eigenvalue weighted by molar-refractivity contribution is -0.143. The largest absolute Gasteiger partial charge is 0.508 e. The molecular formula is C56H52ClN7O17S. The van der Waals surface area contributed by atoms with E-state index in [2.05, 4.69) is 37.2 Å². The van der Waals surface area contributed by atoms with Gasteiger partial charge in [0.25, 0.3) is 0 Å². The molecule has 0 saturated carbocycles. The van der Waals surface area contributed by atoms with E-state index in [0.717, 1.165) is 48.5 Å². The predicted molar refractivity (Wildman–Crippen MR) is 292 cm³/mol. The third kappa shape index (κ3) is 11.8. The molecule has 11 bridgehead atoms. The zero-order valence-electron chi connectivity index (χ0n) is 43.0. The highest BCUT2D eigenvalue weighted by Gasteiger charge is 2.41. The SMILES string of the molecule is CNC(C(=O)NC1C(=O)NC(CCSC)C(=O)NC2C(=O)NC3C(=O)NC(C(=O)NC(C(=O)O)c4cc(O)cc(O)c4-c4cc3ccc4O)C(O)c3ccc(c(Cl)c3)Oc3cc2cc(c3O)Oc2ccc(cc2)C1O)c1ccc(O)cc1. The van der Waals surface area contributed by atoms with Gasteiger partial charge < -0.3 is 87.5 Å². The number of ether oxygens (including phenoxy) is 2. The van der Waals surface area contributed by atoms with E-state index in [9.17, 15) is 60.0 Å². The smallest absolute Gasteiger partial charge is 0.330 e. The Morgan fingerprint density at radius 2 is 1.28 bits per heavy atom. The second kappa shape index (κ2) is 23.8. The van der Waals surface area contributed by atoms with Gasteiger partial charge in [0.2, 0.25) is 41.2 Å². The average Bonchev–Trinajstić information content (AvgIpc) is 3.46. The molecule has 5 aliphatic heterocycles. The van der Waals surface area contributed by atoms with Crippen molar-refractivity contribution in [3.8, 4) is 62.9 Å². The van der Waals surface area contributed by atoms with Gasteiger partial charge in [-0.25, -0.2) is 4.79 Å². The van der Waals surface area contributed by atoms with Crippen LogP contribution < -0.4 is 46.7 Å². The third-order valence-corrected chi connectivity index (χ3v) is 14.8. The lowest BCUT2D eigenvalue weighted by atomic mass is 9.89. The highest BCUT2D eigenvalue weighted by Crippen LogP contribution is 2.47. The molecule has 426 valence electrons. The molecule has 9 unspecified atom stereocenters. The minimum absolute atomic E-state index is 0.0149. The zero-order chi connectivity index (χ0) is 58.8. The molecule has 15 N–H and O–H groups in total. The van der Waals surface area contributed by atoms with Gasteiger partial charge in [-0.2, -0.15) is 11.8 Å². The molecule has 26 heteroatoms. The second-order valence-corrected chi connectivity index (χ2v) is 20.6. The molecule has 0 aliphatic carbocycles. The molecule has 0 aromatic heterocycles. The Balaban J connectivity index is 1.23. The number of aromatic hydroxyl groups is 5. The number of thioether (sulfide) groups is 1. The number of halogens is 1. The molecule has 5 aliphatic rings. The molecule has 5 heterocycles. The predicted octanol–water partition coefficient (Wildman–Crippen LogP) is 3.65. The summed E-state index contributed by atoms with van der Waals surface area (Å²) in [5, 5.41) is 107. The summed E-state index contributed by atoms with van der Waals surface area (Å²) in [5.74, 6) is -12.3. The molecule has 6 amide bonds. The van der Waals surface area contributed by atoms with E-state index in [1.807, 2.05) is 0 Å². The number of hydrogen-bond acceptors (Lipinski definition) is 18. The Morgan fingerprint density at radius 1 is 0.634 bits per heavy atom. The first-order chi connectivity index (χ1) is 39.1. The molecular weight excluding hydrogens is 1110 g/mol. The summed E-state index contributed by atoms with van der Waals surface area (Å²) in [6, 6.07) is 9.17. The number of carbonyl (C=O) groups excluding carboxylic acids is 6. The van der Waals surface area contributed by atoms with E-state index in [1.165, 1.54) is 79.5 Å². The van der Waals surface area contributed by atoms with Crippen molar-refractivity contribution in [1.29, 1.82) is 0 Å². The first-order valence-electron chi connectivity index (χ1n) is 25.0. The van der Waals surface area contributed by atoms with Crippen molar-refractivity contribution in [2.24, 2.45) is 0 Å². The number of phenolic OH excluding ortho intramolecular Hbond substituents is 5. The van der Waals surface area contributed by atoms with Crippen LogP contribution in [0.1, 0.15) is 76.2 Å². The first-order valence-corrected chi connectivity index (χ1v) is 26.8. The molecule has 0 saturated heterocycles. The minimum Gasteiger partial charge on any atom is -0.508 e. The van der Waals surface area contributed by atoms with Gasteiger partial charge in [0, 0.05) is 22.8 Å². The number of aliphatic hydroxyl groups excluding tert-OH is 2. The number of rotatable bonds is 8. The van der Waals surface area contributed by atoms with Crippen molar-refractivity contribution >= 4 is 64.8 Å². The summed E-state index contributed by atoms with van der Waals surface area (Å²) in [5.41, 5.74) is -1.45. The van der Waals surface area contributed by atoms with E-state index in [-0.39, 0.29) is 62.3 Å². The summed E-state index contributed by atoms with van der Waals surface area (Å²) >= 11 is 8.05. The van der Waals surface area contributed by atoms with Crippen LogP contribution in [0.2, 0.25) is 5.02 Å². The molecule has 6 aromatic rings. The number of amides is 6. The van der Waals surface area contributed by atoms with Gasteiger partial charge in [-0.1, -0.05) is 48.0 Å². The molecule has 0 spiro atoms. The van der Waals surface area contributed by atoms with Gasteiger partial charge in [0.05, 0.1) is 5.02 Å². The average molecular weight is 1160 g/mol. The number of carbonyl (C=O) groups is 7. The maximum Gasteiger partial charge on any atom is 0.330 e. The molecule has 82 heavy (non-hydrogen) atoms. The van der Waals surface area contributed by atoms with E-state index in [4.69, 9.17) is 21.1 Å². The number of carboxylic acid groups (broad SMARTS) is 1. The zero-order valence-corrected chi connectivity index (χ0v) is 44.6. The molecule has 6 aromatic carbocycles. The van der Waals surface area contributed by atoms with Gasteiger partial charge >= 0.3 is 5.97 Å². The number of aliphatic carboxylic acids is 1. The molecule has 11 rings (SSSR count). The number of likely N-dealkylation sites (N-methyl/N-ethyl adjacent to an activating group) is 1. The molecule has 0 fully saturated rings. The highest BCUT2D eigenvalue weighted by atomic mass is 35.5. The fraction of sp³-hybridized carbons (Fsp3) is 0.232. The maximum atomic E-state index is 15.5. The lowest BCUT2D eigenvalue weighted by Gasteiger charge is -2.31. The monoisotopic (exact) mass is 1160 g/mol. The van der Waals surface area contributed by atoms with Gasteiger partial charge in [-0.3, -0.25) is 28.8 Å².